The second-order valence-electron chi connectivity index (χ2n) is 16.8. The number of benzene rings is 7. The van der Waals surface area contributed by atoms with Crippen molar-refractivity contribution in [2.45, 2.75) is 48.1 Å². The second kappa shape index (κ2) is 23.5. The van der Waals surface area contributed by atoms with Crippen LogP contribution < -0.4 is 5.19 Å². The molecule has 0 aliphatic heterocycles. The normalized spacial score (nSPS) is 12.8. The molecule has 0 nitrogen and oxygen atoms in total. The van der Waals surface area contributed by atoms with Gasteiger partial charge in [0.05, 0.1) is 0 Å². The summed E-state index contributed by atoms with van der Waals surface area (Å²) in [5, 5.41) is 3.59. The fraction of sp³-hybridized carbons (Fsp3) is 0.119. The van der Waals surface area contributed by atoms with E-state index in [1.807, 2.05) is 32.5 Å². The van der Waals surface area contributed by atoms with Crippen LogP contribution in [0.25, 0.3) is 49.7 Å². The fourth-order valence-corrected chi connectivity index (χ4v) is 10.2. The van der Waals surface area contributed by atoms with Gasteiger partial charge in [-0.15, -0.1) is 48.4 Å². The minimum atomic E-state index is -2.40. The summed E-state index contributed by atoms with van der Waals surface area (Å²) in [4.78, 5) is 0. The maximum Gasteiger partial charge on any atom is 2.00 e. The third-order valence-electron chi connectivity index (χ3n) is 12.5. The molecule has 0 atom stereocenters. The van der Waals surface area contributed by atoms with Crippen molar-refractivity contribution in [3.8, 4) is 33.4 Å². The molecular formula is C59H44BF10SiZr. The van der Waals surface area contributed by atoms with Gasteiger partial charge in [-0.2, -0.15) is 12.1 Å². The number of hydrogen-bond donors (Lipinski definition) is 0. The molecule has 8 aromatic rings. The predicted octanol–water partition coefficient (Wildman–Crippen LogP) is 16.3. The molecule has 9 rings (SSSR count). The number of allylic oxidation sites excluding steroid dienone is 5. The summed E-state index contributed by atoms with van der Waals surface area (Å²) >= 11 is 0. The molecule has 0 N–H and O–H groups in total. The van der Waals surface area contributed by atoms with Crippen molar-refractivity contribution in [2.75, 3.05) is 0 Å². The van der Waals surface area contributed by atoms with Gasteiger partial charge in [0.1, 0.15) is 0 Å². The quantitative estimate of drug-likeness (QED) is 0.0373. The molecule has 0 fully saturated rings. The van der Waals surface area contributed by atoms with E-state index in [1.165, 1.54) is 75.9 Å². The molecule has 0 heterocycles. The van der Waals surface area contributed by atoms with Crippen molar-refractivity contribution < 1.29 is 70.1 Å². The van der Waals surface area contributed by atoms with Crippen LogP contribution in [0.2, 0.25) is 6.55 Å². The van der Waals surface area contributed by atoms with Crippen LogP contribution in [0.15, 0.2) is 156 Å². The Balaban J connectivity index is 0.000000276. The van der Waals surface area contributed by atoms with Crippen LogP contribution >= 0.6 is 0 Å². The first kappa shape index (κ1) is 55.0. The number of aryl methyl sites for hydroxylation is 1. The average molecular weight is 1070 g/mol. The van der Waals surface area contributed by atoms with Gasteiger partial charge in [-0.1, -0.05) is 62.7 Å². The summed E-state index contributed by atoms with van der Waals surface area (Å²) in [7, 11) is -1.59. The first-order valence-electron chi connectivity index (χ1n) is 22.4. The van der Waals surface area contributed by atoms with E-state index in [0.29, 0.717) is 5.46 Å². The van der Waals surface area contributed by atoms with Gasteiger partial charge in [0.25, 0.3) is 0 Å². The van der Waals surface area contributed by atoms with E-state index >= 15 is 17.6 Å². The number of rotatable bonds is 7. The van der Waals surface area contributed by atoms with Crippen molar-refractivity contribution in [1.82, 2.24) is 0 Å². The van der Waals surface area contributed by atoms with Gasteiger partial charge >= 0.3 is 290 Å². The first-order valence-corrected chi connectivity index (χ1v) is 24.5. The van der Waals surface area contributed by atoms with E-state index in [9.17, 15) is 26.3 Å². The maximum atomic E-state index is 15.6. The third-order valence-corrected chi connectivity index (χ3v) is 14.5. The number of halogens is 10. The van der Waals surface area contributed by atoms with Crippen molar-refractivity contribution in [3.63, 3.8) is 0 Å². The molecule has 0 spiro atoms. The molecule has 8 aromatic carbocycles. The molecular weight excluding hydrogens is 1030 g/mol. The van der Waals surface area contributed by atoms with Crippen molar-refractivity contribution in [1.29, 1.82) is 0 Å². The van der Waals surface area contributed by atoms with Crippen molar-refractivity contribution in [2.24, 2.45) is 0 Å². The SMILES string of the molecule is CC1=C(c2c(F)c(F)c(F)c(F)c2F)c2c(ccc(-c3c(F)c(F)c(F)c(F)c3F)c2-c2ccccc2)C1=B[Si](C)c1ccccc1.C[C-]=C(C)C(C)=CC.Cc1cc2c(-c3ccccc3)cccc2[cH-]1.[Zr+2]. The summed E-state index contributed by atoms with van der Waals surface area (Å²) in [6.45, 7) is 15.4. The minimum absolute atomic E-state index is 0. The van der Waals surface area contributed by atoms with Gasteiger partial charge in [0.15, 0.2) is 0 Å². The molecule has 72 heavy (non-hydrogen) atoms. The van der Waals surface area contributed by atoms with Gasteiger partial charge in [0, 0.05) is 0 Å². The summed E-state index contributed by atoms with van der Waals surface area (Å²) in [5.74, 6) is -22.4. The smallest absolute Gasteiger partial charge is 0.275 e. The van der Waals surface area contributed by atoms with Crippen LogP contribution in [-0.4, -0.2) is 20.6 Å². The van der Waals surface area contributed by atoms with E-state index in [-0.39, 0.29) is 54.0 Å². The van der Waals surface area contributed by atoms with Crippen LogP contribution in [0, 0.1) is 71.2 Å². The molecule has 0 unspecified atom stereocenters. The zero-order chi connectivity index (χ0) is 51.4. The average Bonchev–Trinajstić information content (AvgIpc) is 3.91. The van der Waals surface area contributed by atoms with Crippen LogP contribution in [0.3, 0.4) is 0 Å². The van der Waals surface area contributed by atoms with Gasteiger partial charge < -0.3 is 0 Å². The van der Waals surface area contributed by atoms with Gasteiger partial charge in [0.2, 0.25) is 0 Å². The largest absolute Gasteiger partial charge is 2.00 e. The fourth-order valence-electron chi connectivity index (χ4n) is 8.56. The molecule has 0 aromatic heterocycles. The Bertz CT molecular complexity index is 3360. The van der Waals surface area contributed by atoms with Gasteiger partial charge in [-0.05, 0) is 5.56 Å². The third kappa shape index (κ3) is 10.7. The molecule has 1 radical (unpaired) electrons. The zero-order valence-corrected chi connectivity index (χ0v) is 43.6. The van der Waals surface area contributed by atoms with E-state index in [0.717, 1.165) is 11.3 Å². The molecule has 13 heteroatoms. The molecule has 0 saturated carbocycles. The Hall–Kier alpha value is -6.30. The topological polar surface area (TPSA) is 0 Å². The Morgan fingerprint density at radius 2 is 1.00 bits per heavy atom. The van der Waals surface area contributed by atoms with Crippen molar-refractivity contribution in [3.05, 3.63) is 243 Å². The summed E-state index contributed by atoms with van der Waals surface area (Å²) in [6.07, 6.45) is 5.15. The number of hydrogen-bond acceptors (Lipinski definition) is 0. The van der Waals surface area contributed by atoms with Crippen LogP contribution in [-0.2, 0) is 26.2 Å². The summed E-state index contributed by atoms with van der Waals surface area (Å²) in [5.41, 5.74) is 3.02. The van der Waals surface area contributed by atoms with Gasteiger partial charge in [-0.3, -0.25) is 6.08 Å². The Kier molecular flexibility index (Phi) is 18.0. The van der Waals surface area contributed by atoms with Crippen molar-refractivity contribution >= 4 is 42.2 Å². The van der Waals surface area contributed by atoms with E-state index in [4.69, 9.17) is 0 Å². The summed E-state index contributed by atoms with van der Waals surface area (Å²) < 4.78 is 149. The molecule has 361 valence electrons. The Labute approximate surface area is 434 Å². The van der Waals surface area contributed by atoms with E-state index in [2.05, 4.69) is 93.6 Å². The van der Waals surface area contributed by atoms with Crippen LogP contribution in [0.4, 0.5) is 43.9 Å². The second-order valence-corrected chi connectivity index (χ2v) is 19.1. The molecule has 1 aliphatic carbocycles. The van der Waals surface area contributed by atoms with E-state index < -0.39 is 89.1 Å². The molecule has 1 aliphatic rings. The maximum absolute atomic E-state index is 15.6. The number of fused-ring (bicyclic) bond motifs is 2. The summed E-state index contributed by atoms with van der Waals surface area (Å²) in [6, 6.07) is 40.4. The molecule has 0 bridgehead atoms. The monoisotopic (exact) mass is 1070 g/mol. The zero-order valence-electron chi connectivity index (χ0n) is 40.1. The standard InChI is InChI=1S/C35H18BF10Si.C16H13.C8H13.Zr/c1-15-20(24-28(39)32(43)35(46)33(44)29(24)40)22-19(25(15)36-47(2)17-11-7-4-8-12-17)14-13-18(21(22)16-9-5-3-6-10-16)23-26(37)30(41)34(45)31(42)27(23)38;1-12-10-14-8-5-9-15(16(14)11-12)13-6-3-2-4-7-13;1-5-7(3)8(4)6-2;/h3-14H,1-2H3;2-11H,1H3;5H,1-4H3;/q;2*-1;+2. The van der Waals surface area contributed by atoms with Gasteiger partial charge in [-0.25, -0.2) is 11.1 Å². The first-order chi connectivity index (χ1) is 33.9. The Morgan fingerprint density at radius 1 is 0.528 bits per heavy atom. The minimum Gasteiger partial charge on any atom is -0.275 e. The molecule has 0 saturated heterocycles. The Morgan fingerprint density at radius 3 is 1.50 bits per heavy atom. The van der Waals surface area contributed by atoms with E-state index in [1.54, 1.807) is 30.8 Å². The van der Waals surface area contributed by atoms with Crippen LogP contribution in [0.1, 0.15) is 56.9 Å². The van der Waals surface area contributed by atoms with Crippen LogP contribution in [0.5, 0.6) is 0 Å². The molecule has 0 amide bonds. The predicted molar refractivity (Wildman–Crippen MR) is 270 cm³/mol.